The standard InChI is InChI=1S/C13H14N4O7Se/c18-6-11-10(19)5-12(24-11)16-7-14-13(15-16)25(22,23)9-3-1-8(2-4-9)17(20)21/h1-4,7,10-12,18-19H,5-6H2/t10-,11+,12+/m0/s1. The van der Waals surface area contributed by atoms with E-state index >= 15 is 0 Å². The molecule has 134 valence electrons. The predicted molar refractivity (Wildman–Crippen MR) is 81.1 cm³/mol. The first-order valence-corrected chi connectivity index (χ1v) is 10.3. The van der Waals surface area contributed by atoms with Crippen LogP contribution >= 0.6 is 0 Å². The van der Waals surface area contributed by atoms with E-state index in [9.17, 15) is 22.9 Å². The molecule has 1 saturated heterocycles. The molecular weight excluding hydrogens is 403 g/mol. The summed E-state index contributed by atoms with van der Waals surface area (Å²) in [5.74, 6) is 0. The van der Waals surface area contributed by atoms with E-state index in [4.69, 9.17) is 9.84 Å². The van der Waals surface area contributed by atoms with Crippen LogP contribution < -0.4 is 9.18 Å². The van der Waals surface area contributed by atoms with Crippen LogP contribution in [0.25, 0.3) is 0 Å². The first kappa shape index (κ1) is 17.6. The molecule has 0 saturated carbocycles. The first-order valence-electron chi connectivity index (χ1n) is 7.18. The van der Waals surface area contributed by atoms with Crippen LogP contribution in [0.4, 0.5) is 5.69 Å². The number of nitrogens with zero attached hydrogens (tertiary/aromatic N) is 4. The molecule has 0 unspecified atom stereocenters. The predicted octanol–water partition coefficient (Wildman–Crippen LogP) is -1.76. The monoisotopic (exact) mass is 418 g/mol. The van der Waals surface area contributed by atoms with E-state index in [0.29, 0.717) is 0 Å². The van der Waals surface area contributed by atoms with E-state index in [1.807, 2.05) is 0 Å². The molecule has 0 aliphatic carbocycles. The van der Waals surface area contributed by atoms with Gasteiger partial charge in [0.05, 0.1) is 0 Å². The number of hydrogen-bond donors (Lipinski definition) is 2. The molecule has 3 rings (SSSR count). The number of aromatic nitrogens is 3. The van der Waals surface area contributed by atoms with Crippen LogP contribution in [0, 0.1) is 10.1 Å². The Morgan fingerprint density at radius 3 is 2.60 bits per heavy atom. The summed E-state index contributed by atoms with van der Waals surface area (Å²) in [6.07, 6.45) is -1.09. The Morgan fingerprint density at radius 2 is 2.04 bits per heavy atom. The second-order valence-corrected chi connectivity index (χ2v) is 9.24. The number of rotatable bonds is 5. The van der Waals surface area contributed by atoms with Gasteiger partial charge in [-0.25, -0.2) is 0 Å². The van der Waals surface area contributed by atoms with Gasteiger partial charge in [0, 0.05) is 0 Å². The molecule has 0 bridgehead atoms. The minimum atomic E-state index is -4.93. The third-order valence-corrected chi connectivity index (χ3v) is 7.04. The van der Waals surface area contributed by atoms with Gasteiger partial charge in [-0.1, -0.05) is 0 Å². The Bertz CT molecular complexity index is 880. The summed E-state index contributed by atoms with van der Waals surface area (Å²) < 4.78 is 31.1. The molecule has 0 radical (unpaired) electrons. The van der Waals surface area contributed by atoms with Crippen molar-refractivity contribution in [3.63, 3.8) is 0 Å². The number of non-ortho nitro benzene ring substituents is 1. The van der Waals surface area contributed by atoms with Crippen molar-refractivity contribution >= 4 is 27.6 Å². The minimum absolute atomic E-state index is 0.111. The van der Waals surface area contributed by atoms with Crippen molar-refractivity contribution in [1.29, 1.82) is 0 Å². The third-order valence-electron chi connectivity index (χ3n) is 3.76. The van der Waals surface area contributed by atoms with E-state index in [-0.39, 0.29) is 23.2 Å². The Labute approximate surface area is 142 Å². The van der Waals surface area contributed by atoms with E-state index in [1.54, 1.807) is 0 Å². The molecule has 2 heterocycles. The average molecular weight is 417 g/mol. The molecule has 1 aliphatic rings. The van der Waals surface area contributed by atoms with Crippen molar-refractivity contribution in [3.05, 3.63) is 40.7 Å². The maximum absolute atomic E-state index is 12.6. The van der Waals surface area contributed by atoms with Crippen LogP contribution in [0.5, 0.6) is 0 Å². The molecule has 1 aliphatic heterocycles. The number of aliphatic hydroxyl groups excluding tert-OH is 2. The molecule has 25 heavy (non-hydrogen) atoms. The van der Waals surface area contributed by atoms with E-state index in [1.165, 1.54) is 11.0 Å². The molecule has 0 spiro atoms. The van der Waals surface area contributed by atoms with Crippen molar-refractivity contribution in [3.8, 4) is 0 Å². The summed E-state index contributed by atoms with van der Waals surface area (Å²) in [6.45, 7) is -0.370. The molecule has 1 aromatic carbocycles. The molecule has 1 fully saturated rings. The Kier molecular flexibility index (Phi) is 4.62. The van der Waals surface area contributed by atoms with Crippen molar-refractivity contribution in [2.24, 2.45) is 0 Å². The molecule has 12 heteroatoms. The summed E-state index contributed by atoms with van der Waals surface area (Å²) in [5, 5.41) is 33.3. The normalized spacial score (nSPS) is 23.7. The summed E-state index contributed by atoms with van der Waals surface area (Å²) in [5.41, 5.74) is -0.224. The molecular formula is C13H14N4O7Se. The zero-order valence-electron chi connectivity index (χ0n) is 12.7. The van der Waals surface area contributed by atoms with Crippen molar-refractivity contribution in [2.75, 3.05) is 6.61 Å². The number of hydrogen-bond acceptors (Lipinski definition) is 9. The van der Waals surface area contributed by atoms with E-state index in [2.05, 4.69) is 10.1 Å². The van der Waals surface area contributed by atoms with E-state index < -0.39 is 40.8 Å². The van der Waals surface area contributed by atoms with Crippen LogP contribution in [0.1, 0.15) is 12.6 Å². The molecule has 11 nitrogen and oxygen atoms in total. The fourth-order valence-corrected chi connectivity index (χ4v) is 4.71. The fourth-order valence-electron chi connectivity index (χ4n) is 2.41. The van der Waals surface area contributed by atoms with Crippen molar-refractivity contribution in [2.45, 2.75) is 24.9 Å². The van der Waals surface area contributed by atoms with Crippen LogP contribution in [0.15, 0.2) is 30.6 Å². The summed E-state index contributed by atoms with van der Waals surface area (Å²) in [6, 6.07) is 4.46. The fraction of sp³-hybridized carbons (Fsp3) is 0.385. The number of nitro groups is 1. The van der Waals surface area contributed by atoms with Crippen molar-refractivity contribution in [1.82, 2.24) is 14.8 Å². The zero-order valence-corrected chi connectivity index (χ0v) is 14.4. The van der Waals surface area contributed by atoms with Gasteiger partial charge in [0.25, 0.3) is 0 Å². The molecule has 2 aromatic rings. The number of nitro benzene ring substituents is 1. The van der Waals surface area contributed by atoms with Gasteiger partial charge in [-0.3, -0.25) is 0 Å². The third kappa shape index (κ3) is 3.30. The van der Waals surface area contributed by atoms with Gasteiger partial charge in [0.15, 0.2) is 0 Å². The summed E-state index contributed by atoms with van der Waals surface area (Å²) in [4.78, 5) is 13.8. The molecule has 0 amide bonds. The Morgan fingerprint density at radius 1 is 1.36 bits per heavy atom. The Hall–Kier alpha value is -2.24. The number of ether oxygens (including phenoxy) is 1. The summed E-state index contributed by atoms with van der Waals surface area (Å²) in [7, 11) is 0. The quantitative estimate of drug-likeness (QED) is 0.327. The maximum atomic E-state index is 12.6. The van der Waals surface area contributed by atoms with Gasteiger partial charge >= 0.3 is 142 Å². The molecule has 1 aromatic heterocycles. The zero-order chi connectivity index (χ0) is 18.2. The van der Waals surface area contributed by atoms with E-state index in [0.717, 1.165) is 24.3 Å². The van der Waals surface area contributed by atoms with Crippen LogP contribution in [0.3, 0.4) is 0 Å². The summed E-state index contributed by atoms with van der Waals surface area (Å²) >= 11 is -4.93. The number of benzene rings is 1. The Balaban J connectivity index is 1.84. The first-order chi connectivity index (χ1) is 11.8. The van der Waals surface area contributed by atoms with Crippen molar-refractivity contribution < 1.29 is 27.5 Å². The van der Waals surface area contributed by atoms with Gasteiger partial charge in [0.1, 0.15) is 0 Å². The van der Waals surface area contributed by atoms with Gasteiger partial charge < -0.3 is 0 Å². The van der Waals surface area contributed by atoms with Gasteiger partial charge in [-0.05, 0) is 0 Å². The van der Waals surface area contributed by atoms with Gasteiger partial charge in [-0.15, -0.1) is 0 Å². The van der Waals surface area contributed by atoms with Gasteiger partial charge in [-0.2, -0.15) is 0 Å². The molecule has 2 N–H and O–H groups in total. The average Bonchev–Trinajstić information content (AvgIpc) is 3.21. The SMILES string of the molecule is O=[N+]([O-])c1ccc([Se](=O)(=O)c2ncn([C@H]3C[C@H](O)[C@@H](CO)O3)n2)cc1. The van der Waals surface area contributed by atoms with Gasteiger partial charge in [0.2, 0.25) is 0 Å². The van der Waals surface area contributed by atoms with Crippen LogP contribution in [-0.4, -0.2) is 61.4 Å². The number of aliphatic hydroxyl groups is 2. The second-order valence-electron chi connectivity index (χ2n) is 5.38. The second kappa shape index (κ2) is 6.58. The van der Waals surface area contributed by atoms with Crippen LogP contribution in [0.2, 0.25) is 0 Å². The topological polar surface area (TPSA) is 158 Å². The van der Waals surface area contributed by atoms with Crippen LogP contribution in [-0.2, 0) is 12.4 Å². The molecule has 3 atom stereocenters.